The molecular formula is C15H17F3N4O. The van der Waals surface area contributed by atoms with Crippen LogP contribution in [0.1, 0.15) is 18.5 Å². The Labute approximate surface area is 131 Å². The van der Waals surface area contributed by atoms with Crippen LogP contribution in [0.15, 0.2) is 36.5 Å². The van der Waals surface area contributed by atoms with Crippen molar-refractivity contribution in [3.05, 3.63) is 42.2 Å². The zero-order valence-corrected chi connectivity index (χ0v) is 12.4. The number of rotatable bonds is 3. The van der Waals surface area contributed by atoms with Crippen LogP contribution in [0.2, 0.25) is 0 Å². The van der Waals surface area contributed by atoms with Gasteiger partial charge in [-0.3, -0.25) is 4.90 Å². The Kier molecular flexibility index (Phi) is 4.11. The van der Waals surface area contributed by atoms with E-state index in [1.807, 2.05) is 35.2 Å². The van der Waals surface area contributed by atoms with Gasteiger partial charge in [0.25, 0.3) is 0 Å². The number of aromatic nitrogens is 3. The summed E-state index contributed by atoms with van der Waals surface area (Å²) in [6.07, 6.45) is -3.60. The zero-order valence-electron chi connectivity index (χ0n) is 12.4. The molecule has 1 saturated heterocycles. The molecule has 8 heteroatoms. The molecule has 0 aliphatic carbocycles. The summed E-state index contributed by atoms with van der Waals surface area (Å²) in [4.78, 5) is 3.34. The molecule has 0 bridgehead atoms. The van der Waals surface area contributed by atoms with Crippen LogP contribution >= 0.6 is 0 Å². The molecule has 3 rings (SSSR count). The smallest absolute Gasteiger partial charge is 0.380 e. The van der Waals surface area contributed by atoms with Gasteiger partial charge in [0, 0.05) is 19.6 Å². The Morgan fingerprint density at radius 3 is 2.39 bits per heavy atom. The molecule has 2 heterocycles. The minimum Gasteiger partial charge on any atom is -0.380 e. The van der Waals surface area contributed by atoms with Crippen molar-refractivity contribution in [1.29, 1.82) is 0 Å². The van der Waals surface area contributed by atoms with Crippen molar-refractivity contribution >= 4 is 0 Å². The first-order valence-corrected chi connectivity index (χ1v) is 7.35. The molecule has 0 saturated carbocycles. The second kappa shape index (κ2) is 5.93. The molecule has 1 N–H and O–H groups in total. The van der Waals surface area contributed by atoms with Crippen LogP contribution in [0.5, 0.6) is 0 Å². The number of para-hydroxylation sites is 1. The van der Waals surface area contributed by atoms with E-state index < -0.39 is 11.8 Å². The maximum absolute atomic E-state index is 12.8. The number of hydrogen-bond donors (Lipinski definition) is 1. The van der Waals surface area contributed by atoms with E-state index >= 15 is 0 Å². The van der Waals surface area contributed by atoms with Crippen molar-refractivity contribution < 1.29 is 18.3 Å². The zero-order chi connectivity index (χ0) is 16.5. The van der Waals surface area contributed by atoms with E-state index in [2.05, 4.69) is 10.2 Å². The van der Waals surface area contributed by atoms with Gasteiger partial charge >= 0.3 is 6.18 Å². The Hall–Kier alpha value is -1.93. The van der Waals surface area contributed by atoms with Crippen LogP contribution in [0.25, 0.3) is 5.69 Å². The molecule has 2 aromatic rings. The van der Waals surface area contributed by atoms with Gasteiger partial charge in [-0.15, -0.1) is 0 Å². The monoisotopic (exact) mass is 326 g/mol. The van der Waals surface area contributed by atoms with Crippen LogP contribution < -0.4 is 0 Å². The molecule has 5 nitrogen and oxygen atoms in total. The minimum atomic E-state index is -4.57. The summed E-state index contributed by atoms with van der Waals surface area (Å²) in [5.41, 5.74) is -1.05. The molecule has 0 atom stereocenters. The van der Waals surface area contributed by atoms with Gasteiger partial charge in [0.1, 0.15) is 0 Å². The van der Waals surface area contributed by atoms with Gasteiger partial charge in [-0.2, -0.15) is 28.2 Å². The van der Waals surface area contributed by atoms with Crippen molar-refractivity contribution in [2.75, 3.05) is 13.1 Å². The van der Waals surface area contributed by atoms with E-state index in [1.54, 1.807) is 6.20 Å². The van der Waals surface area contributed by atoms with E-state index in [-0.39, 0.29) is 25.9 Å². The highest BCUT2D eigenvalue weighted by Gasteiger charge is 2.54. The Morgan fingerprint density at radius 1 is 1.13 bits per heavy atom. The van der Waals surface area contributed by atoms with Gasteiger partial charge in [-0.05, 0) is 25.0 Å². The minimum absolute atomic E-state index is 0.175. The number of aliphatic hydroxyl groups is 1. The number of hydrogen-bond acceptors (Lipinski definition) is 4. The van der Waals surface area contributed by atoms with Gasteiger partial charge in [0.05, 0.1) is 17.6 Å². The van der Waals surface area contributed by atoms with E-state index in [4.69, 9.17) is 0 Å². The van der Waals surface area contributed by atoms with E-state index in [9.17, 15) is 18.3 Å². The fourth-order valence-corrected chi connectivity index (χ4v) is 2.65. The summed E-state index contributed by atoms with van der Waals surface area (Å²) in [6, 6.07) is 9.38. The predicted molar refractivity (Wildman–Crippen MR) is 76.9 cm³/mol. The van der Waals surface area contributed by atoms with Gasteiger partial charge in [-0.1, -0.05) is 18.2 Å². The second-order valence-electron chi connectivity index (χ2n) is 5.77. The summed E-state index contributed by atoms with van der Waals surface area (Å²) in [5, 5.41) is 18.2. The molecule has 0 unspecified atom stereocenters. The maximum Gasteiger partial charge on any atom is 0.417 e. The van der Waals surface area contributed by atoms with Gasteiger partial charge in [0.2, 0.25) is 0 Å². The molecular weight excluding hydrogens is 309 g/mol. The molecule has 23 heavy (non-hydrogen) atoms. The number of alkyl halides is 3. The largest absolute Gasteiger partial charge is 0.417 e. The molecule has 0 spiro atoms. The molecule has 124 valence electrons. The third-order valence-electron chi connectivity index (χ3n) is 4.12. The lowest BCUT2D eigenvalue weighted by Crippen LogP contribution is -2.53. The third-order valence-corrected chi connectivity index (χ3v) is 4.12. The number of halogens is 3. The van der Waals surface area contributed by atoms with E-state index in [1.165, 1.54) is 4.80 Å². The van der Waals surface area contributed by atoms with Crippen LogP contribution in [0, 0.1) is 0 Å². The topological polar surface area (TPSA) is 54.2 Å². The quantitative estimate of drug-likeness (QED) is 0.939. The van der Waals surface area contributed by atoms with Crippen LogP contribution in [-0.4, -0.2) is 49.9 Å². The lowest BCUT2D eigenvalue weighted by atomic mass is 9.91. The number of likely N-dealkylation sites (tertiary alicyclic amines) is 1. The van der Waals surface area contributed by atoms with Gasteiger partial charge < -0.3 is 5.11 Å². The molecule has 1 aromatic heterocycles. The summed E-state index contributed by atoms with van der Waals surface area (Å²) in [6.45, 7) is 0.767. The van der Waals surface area contributed by atoms with Crippen LogP contribution in [0.3, 0.4) is 0 Å². The molecule has 0 radical (unpaired) electrons. The normalized spacial score (nSPS) is 19.0. The molecule has 1 fully saturated rings. The highest BCUT2D eigenvalue weighted by molar-refractivity contribution is 5.28. The van der Waals surface area contributed by atoms with Crippen LogP contribution in [0.4, 0.5) is 13.2 Å². The van der Waals surface area contributed by atoms with Crippen molar-refractivity contribution in [1.82, 2.24) is 19.9 Å². The SMILES string of the molecule is OC1(C(F)(F)F)CCN(Cc2cnn(-c3ccccc3)n2)CC1. The van der Waals surface area contributed by atoms with Crippen LogP contribution in [-0.2, 0) is 6.54 Å². The van der Waals surface area contributed by atoms with Crippen molar-refractivity contribution in [2.24, 2.45) is 0 Å². The van der Waals surface area contributed by atoms with Crippen molar-refractivity contribution in [3.63, 3.8) is 0 Å². The Bertz CT molecular complexity index is 648. The molecule has 1 aliphatic heterocycles. The fourth-order valence-electron chi connectivity index (χ4n) is 2.65. The fraction of sp³-hybridized carbons (Fsp3) is 0.467. The molecule has 1 aliphatic rings. The lowest BCUT2D eigenvalue weighted by molar-refractivity contribution is -0.272. The highest BCUT2D eigenvalue weighted by Crippen LogP contribution is 2.38. The molecule has 1 aromatic carbocycles. The van der Waals surface area contributed by atoms with Gasteiger partial charge in [-0.25, -0.2) is 0 Å². The predicted octanol–water partition coefficient (Wildman–Crippen LogP) is 2.16. The van der Waals surface area contributed by atoms with E-state index in [0.717, 1.165) is 5.69 Å². The third kappa shape index (κ3) is 3.37. The lowest BCUT2D eigenvalue weighted by Gasteiger charge is -2.38. The summed E-state index contributed by atoms with van der Waals surface area (Å²) >= 11 is 0. The van der Waals surface area contributed by atoms with Crippen molar-refractivity contribution in [3.8, 4) is 5.69 Å². The second-order valence-corrected chi connectivity index (χ2v) is 5.77. The summed E-state index contributed by atoms with van der Waals surface area (Å²) < 4.78 is 38.3. The number of nitrogens with zero attached hydrogens (tertiary/aromatic N) is 4. The highest BCUT2D eigenvalue weighted by atomic mass is 19.4. The summed E-state index contributed by atoms with van der Waals surface area (Å²) in [5.74, 6) is 0. The first kappa shape index (κ1) is 15.9. The van der Waals surface area contributed by atoms with Crippen molar-refractivity contribution in [2.45, 2.75) is 31.2 Å². The molecule has 0 amide bonds. The first-order valence-electron chi connectivity index (χ1n) is 7.35. The first-order chi connectivity index (χ1) is 10.9. The number of piperidine rings is 1. The average molecular weight is 326 g/mol. The maximum atomic E-state index is 12.8. The number of benzene rings is 1. The summed E-state index contributed by atoms with van der Waals surface area (Å²) in [7, 11) is 0. The van der Waals surface area contributed by atoms with Gasteiger partial charge in [0.15, 0.2) is 5.60 Å². The standard InChI is InChI=1S/C15H17F3N4O/c16-15(17,18)14(23)6-8-21(9-7-14)11-12-10-19-22(20-12)13-4-2-1-3-5-13/h1-5,10,23H,6-9,11H2. The Morgan fingerprint density at radius 2 is 1.78 bits per heavy atom. The average Bonchev–Trinajstić information content (AvgIpc) is 2.98. The van der Waals surface area contributed by atoms with E-state index in [0.29, 0.717) is 12.2 Å². The Balaban J connectivity index is 1.61.